The predicted molar refractivity (Wildman–Crippen MR) is 106 cm³/mol. The summed E-state index contributed by atoms with van der Waals surface area (Å²) in [5.74, 6) is -1.27. The minimum Gasteiger partial charge on any atom is -0.478 e. The molecule has 4 aromatic rings. The van der Waals surface area contributed by atoms with Crippen molar-refractivity contribution in [2.45, 2.75) is 6.18 Å². The molecule has 0 saturated carbocycles. The van der Waals surface area contributed by atoms with Gasteiger partial charge in [0.25, 0.3) is 0 Å². The first-order valence-corrected chi connectivity index (χ1v) is 9.01. The number of aromatic carboxylic acids is 1. The number of carbonyl (C=O) groups is 1. The van der Waals surface area contributed by atoms with Crippen molar-refractivity contribution in [1.29, 1.82) is 0 Å². The van der Waals surface area contributed by atoms with Gasteiger partial charge in [-0.2, -0.15) is 18.3 Å². The van der Waals surface area contributed by atoms with Gasteiger partial charge >= 0.3 is 12.1 Å². The summed E-state index contributed by atoms with van der Waals surface area (Å²) in [4.78, 5) is 12.2. The molecule has 0 aliphatic carbocycles. The molecule has 1 heterocycles. The number of benzene rings is 3. The molecular formula is C23H15F3N2O2. The van der Waals surface area contributed by atoms with Crippen LogP contribution in [0.4, 0.5) is 13.2 Å². The van der Waals surface area contributed by atoms with Crippen LogP contribution in [0.15, 0.2) is 84.9 Å². The van der Waals surface area contributed by atoms with Crippen molar-refractivity contribution in [3.05, 3.63) is 96.1 Å². The summed E-state index contributed by atoms with van der Waals surface area (Å²) in [5, 5.41) is 14.4. The van der Waals surface area contributed by atoms with Crippen molar-refractivity contribution in [1.82, 2.24) is 9.78 Å². The second-order valence-electron chi connectivity index (χ2n) is 6.57. The predicted octanol–water partition coefficient (Wildman–Crippen LogP) is 5.92. The number of alkyl halides is 3. The molecule has 0 atom stereocenters. The Hall–Kier alpha value is -3.87. The van der Waals surface area contributed by atoms with Gasteiger partial charge in [-0.25, -0.2) is 9.48 Å². The molecule has 7 heteroatoms. The molecule has 1 N–H and O–H groups in total. The largest absolute Gasteiger partial charge is 0.478 e. The number of halogens is 3. The van der Waals surface area contributed by atoms with E-state index in [1.165, 1.54) is 16.8 Å². The molecule has 3 aromatic carbocycles. The van der Waals surface area contributed by atoms with Crippen molar-refractivity contribution in [2.24, 2.45) is 0 Å². The van der Waals surface area contributed by atoms with Crippen LogP contribution in [0.3, 0.4) is 0 Å². The molecule has 1 aromatic heterocycles. The van der Waals surface area contributed by atoms with E-state index < -0.39 is 17.7 Å². The number of hydrogen-bond acceptors (Lipinski definition) is 2. The third kappa shape index (κ3) is 3.57. The maximum Gasteiger partial charge on any atom is 0.416 e. The molecule has 4 rings (SSSR count). The lowest BCUT2D eigenvalue weighted by atomic mass is 10.0. The van der Waals surface area contributed by atoms with Crippen LogP contribution in [0.25, 0.3) is 28.2 Å². The van der Waals surface area contributed by atoms with E-state index in [1.54, 1.807) is 60.7 Å². The Balaban J connectivity index is 2.04. The number of nitrogens with zero attached hydrogens (tertiary/aromatic N) is 2. The molecule has 0 aliphatic rings. The number of hydrogen-bond donors (Lipinski definition) is 1. The van der Waals surface area contributed by atoms with Gasteiger partial charge in [-0.15, -0.1) is 0 Å². The number of carboxylic acid groups (broad SMARTS) is 1. The lowest BCUT2D eigenvalue weighted by Gasteiger charge is -2.08. The van der Waals surface area contributed by atoms with Gasteiger partial charge in [0, 0.05) is 11.1 Å². The fraction of sp³-hybridized carbons (Fsp3) is 0.0435. The third-order valence-corrected chi connectivity index (χ3v) is 4.61. The lowest BCUT2D eigenvalue weighted by Crippen LogP contribution is -2.05. The normalized spacial score (nSPS) is 11.4. The maximum absolute atomic E-state index is 13.2. The second-order valence-corrected chi connectivity index (χ2v) is 6.57. The van der Waals surface area contributed by atoms with Crippen LogP contribution < -0.4 is 0 Å². The standard InChI is InChI=1S/C23H15F3N2O2/c24-23(25,26)17-11-7-10-16(14-17)20-19(22(29)30)21(15-8-3-1-4-9-15)28(27-20)18-12-5-2-6-13-18/h1-14H,(H,29,30). The van der Waals surface area contributed by atoms with Crippen LogP contribution in [0.1, 0.15) is 15.9 Å². The van der Waals surface area contributed by atoms with E-state index in [9.17, 15) is 23.1 Å². The first-order chi connectivity index (χ1) is 14.4. The fourth-order valence-electron chi connectivity index (χ4n) is 3.28. The fourth-order valence-corrected chi connectivity index (χ4v) is 3.28. The third-order valence-electron chi connectivity index (χ3n) is 4.61. The first-order valence-electron chi connectivity index (χ1n) is 9.01. The van der Waals surface area contributed by atoms with Gasteiger partial charge < -0.3 is 5.11 Å². The second kappa shape index (κ2) is 7.51. The number of carboxylic acids is 1. The quantitative estimate of drug-likeness (QED) is 0.456. The zero-order valence-corrected chi connectivity index (χ0v) is 15.5. The van der Waals surface area contributed by atoms with Gasteiger partial charge in [0.2, 0.25) is 0 Å². The van der Waals surface area contributed by atoms with Gasteiger partial charge in [-0.1, -0.05) is 60.7 Å². The highest BCUT2D eigenvalue weighted by Crippen LogP contribution is 2.37. The number of aromatic nitrogens is 2. The zero-order chi connectivity index (χ0) is 21.3. The molecule has 0 spiro atoms. The SMILES string of the molecule is O=C(O)c1c(-c2cccc(C(F)(F)F)c2)nn(-c2ccccc2)c1-c1ccccc1. The number of rotatable bonds is 4. The van der Waals surface area contributed by atoms with Gasteiger partial charge in [-0.3, -0.25) is 0 Å². The Morgan fingerprint density at radius 2 is 1.43 bits per heavy atom. The topological polar surface area (TPSA) is 55.1 Å². The molecule has 0 unspecified atom stereocenters. The van der Waals surface area contributed by atoms with Crippen molar-refractivity contribution in [3.8, 4) is 28.2 Å². The first kappa shape index (κ1) is 19.4. The minimum absolute atomic E-state index is 0.0312. The van der Waals surface area contributed by atoms with Crippen LogP contribution in [0, 0.1) is 0 Å². The monoisotopic (exact) mass is 408 g/mol. The van der Waals surface area contributed by atoms with Crippen molar-refractivity contribution >= 4 is 5.97 Å². The Morgan fingerprint density at radius 1 is 0.833 bits per heavy atom. The van der Waals surface area contributed by atoms with Crippen LogP contribution in [0.5, 0.6) is 0 Å². The average molecular weight is 408 g/mol. The van der Waals surface area contributed by atoms with Gasteiger partial charge in [0.15, 0.2) is 0 Å². The van der Waals surface area contributed by atoms with E-state index in [4.69, 9.17) is 0 Å². The van der Waals surface area contributed by atoms with Crippen LogP contribution >= 0.6 is 0 Å². The molecule has 30 heavy (non-hydrogen) atoms. The molecule has 0 amide bonds. The average Bonchev–Trinajstić information content (AvgIpc) is 3.15. The summed E-state index contributed by atoms with van der Waals surface area (Å²) in [7, 11) is 0. The molecule has 0 saturated heterocycles. The van der Waals surface area contributed by atoms with Crippen LogP contribution in [-0.4, -0.2) is 20.9 Å². The highest BCUT2D eigenvalue weighted by Gasteiger charge is 2.32. The minimum atomic E-state index is -4.55. The lowest BCUT2D eigenvalue weighted by molar-refractivity contribution is -0.137. The van der Waals surface area contributed by atoms with E-state index in [-0.39, 0.29) is 16.8 Å². The van der Waals surface area contributed by atoms with E-state index in [0.717, 1.165) is 12.1 Å². The summed E-state index contributed by atoms with van der Waals surface area (Å²) in [6.45, 7) is 0. The molecule has 0 bridgehead atoms. The molecule has 150 valence electrons. The van der Waals surface area contributed by atoms with E-state index >= 15 is 0 Å². The van der Waals surface area contributed by atoms with Gasteiger partial charge in [0.05, 0.1) is 16.9 Å². The van der Waals surface area contributed by atoms with Crippen molar-refractivity contribution < 1.29 is 23.1 Å². The van der Waals surface area contributed by atoms with Crippen LogP contribution in [-0.2, 0) is 6.18 Å². The summed E-state index contributed by atoms with van der Waals surface area (Å²) >= 11 is 0. The van der Waals surface area contributed by atoms with Crippen molar-refractivity contribution in [3.63, 3.8) is 0 Å². The summed E-state index contributed by atoms with van der Waals surface area (Å²) in [6.07, 6.45) is -4.55. The van der Waals surface area contributed by atoms with E-state index in [2.05, 4.69) is 5.10 Å². The molecular weight excluding hydrogens is 393 g/mol. The van der Waals surface area contributed by atoms with Crippen molar-refractivity contribution in [2.75, 3.05) is 0 Å². The zero-order valence-electron chi connectivity index (χ0n) is 15.5. The Kier molecular flexibility index (Phi) is 4.87. The number of para-hydroxylation sites is 1. The highest BCUT2D eigenvalue weighted by molar-refractivity contribution is 6.02. The van der Waals surface area contributed by atoms with E-state index in [1.807, 2.05) is 0 Å². The summed E-state index contributed by atoms with van der Waals surface area (Å²) in [6, 6.07) is 22.2. The van der Waals surface area contributed by atoms with Gasteiger partial charge in [0.1, 0.15) is 11.3 Å². The maximum atomic E-state index is 13.2. The highest BCUT2D eigenvalue weighted by atomic mass is 19.4. The van der Waals surface area contributed by atoms with Crippen LogP contribution in [0.2, 0.25) is 0 Å². The Bertz CT molecular complexity index is 1200. The summed E-state index contributed by atoms with van der Waals surface area (Å²) in [5.41, 5.74) is 0.491. The Labute approximate surface area is 169 Å². The van der Waals surface area contributed by atoms with Gasteiger partial charge in [-0.05, 0) is 24.3 Å². The molecule has 4 nitrogen and oxygen atoms in total. The Morgan fingerprint density at radius 3 is 2.03 bits per heavy atom. The molecule has 0 radical (unpaired) electrons. The molecule has 0 aliphatic heterocycles. The summed E-state index contributed by atoms with van der Waals surface area (Å²) < 4.78 is 41.1. The van der Waals surface area contributed by atoms with E-state index in [0.29, 0.717) is 16.9 Å². The molecule has 0 fully saturated rings. The smallest absolute Gasteiger partial charge is 0.416 e.